The van der Waals surface area contributed by atoms with Crippen LogP contribution in [-0.4, -0.2) is 24.8 Å². The van der Waals surface area contributed by atoms with Gasteiger partial charge in [-0.1, -0.05) is 12.2 Å². The molecule has 94 valence electrons. The minimum Gasteiger partial charge on any atom is -0.389 e. The molecule has 0 saturated carbocycles. The average molecular weight is 257 g/mol. The molecule has 3 nitrogen and oxygen atoms in total. The van der Waals surface area contributed by atoms with Gasteiger partial charge in [0.2, 0.25) is 0 Å². The summed E-state index contributed by atoms with van der Waals surface area (Å²) in [5, 5.41) is 0. The maximum Gasteiger partial charge on any atom is 0.124 e. The number of rotatable bonds is 7. The number of ether oxygens (including phenoxy) is 2. The normalized spacial score (nSPS) is 10.5. The number of thiocarbonyl (C=S) groups is 1. The summed E-state index contributed by atoms with van der Waals surface area (Å²) in [4.78, 5) is 0.181. The molecule has 0 heterocycles. The molecule has 0 aliphatic rings. The van der Waals surface area contributed by atoms with E-state index >= 15 is 0 Å². The van der Waals surface area contributed by atoms with Crippen molar-refractivity contribution in [2.75, 3.05) is 19.8 Å². The lowest BCUT2D eigenvalue weighted by molar-refractivity contribution is 0.0452. The first-order valence-corrected chi connectivity index (χ1v) is 5.79. The molecule has 0 aliphatic carbocycles. The summed E-state index contributed by atoms with van der Waals surface area (Å²) < 4.78 is 23.7. The smallest absolute Gasteiger partial charge is 0.124 e. The van der Waals surface area contributed by atoms with Crippen LogP contribution in [0.3, 0.4) is 0 Å². The minimum absolute atomic E-state index is 0.181. The van der Waals surface area contributed by atoms with Crippen molar-refractivity contribution < 1.29 is 13.9 Å². The zero-order chi connectivity index (χ0) is 12.7. The second kappa shape index (κ2) is 7.32. The van der Waals surface area contributed by atoms with Gasteiger partial charge in [-0.3, -0.25) is 0 Å². The van der Waals surface area contributed by atoms with Crippen molar-refractivity contribution in [1.82, 2.24) is 0 Å². The molecule has 0 spiro atoms. The molecular formula is C12H16FNO2S. The molecule has 17 heavy (non-hydrogen) atoms. The molecule has 2 N–H and O–H groups in total. The maximum atomic E-state index is 13.2. The van der Waals surface area contributed by atoms with Crippen LogP contribution in [0.25, 0.3) is 0 Å². The quantitative estimate of drug-likeness (QED) is 0.599. The predicted octanol–water partition coefficient (Wildman–Crippen LogP) is 2.01. The molecule has 0 fully saturated rings. The zero-order valence-corrected chi connectivity index (χ0v) is 10.6. The van der Waals surface area contributed by atoms with Gasteiger partial charge in [0.05, 0.1) is 19.8 Å². The van der Waals surface area contributed by atoms with Crippen LogP contribution >= 0.6 is 12.2 Å². The summed E-state index contributed by atoms with van der Waals surface area (Å²) in [5.41, 5.74) is 6.68. The van der Waals surface area contributed by atoms with Crippen LogP contribution in [-0.2, 0) is 16.1 Å². The van der Waals surface area contributed by atoms with Crippen LogP contribution in [0.4, 0.5) is 4.39 Å². The van der Waals surface area contributed by atoms with E-state index in [1.54, 1.807) is 6.07 Å². The van der Waals surface area contributed by atoms with Crippen molar-refractivity contribution in [2.45, 2.75) is 13.5 Å². The Balaban J connectivity index is 2.50. The Bertz CT molecular complexity index is 385. The number of benzene rings is 1. The number of hydrogen-bond acceptors (Lipinski definition) is 3. The second-order valence-corrected chi connectivity index (χ2v) is 3.90. The molecule has 0 aromatic heterocycles. The topological polar surface area (TPSA) is 44.5 Å². The Morgan fingerprint density at radius 3 is 2.65 bits per heavy atom. The molecular weight excluding hydrogens is 241 g/mol. The molecule has 1 rings (SSSR count). The monoisotopic (exact) mass is 257 g/mol. The van der Waals surface area contributed by atoms with Crippen molar-refractivity contribution in [1.29, 1.82) is 0 Å². The maximum absolute atomic E-state index is 13.2. The van der Waals surface area contributed by atoms with Gasteiger partial charge in [-0.15, -0.1) is 0 Å². The van der Waals surface area contributed by atoms with Crippen LogP contribution in [0.15, 0.2) is 18.2 Å². The molecule has 0 atom stereocenters. The Labute approximate surface area is 106 Å². The first-order chi connectivity index (χ1) is 8.13. The molecule has 0 aliphatic heterocycles. The Morgan fingerprint density at radius 1 is 1.29 bits per heavy atom. The van der Waals surface area contributed by atoms with Crippen LogP contribution in [0.1, 0.15) is 18.1 Å². The molecule has 1 aromatic carbocycles. The molecule has 1 aromatic rings. The lowest BCUT2D eigenvalue weighted by Gasteiger charge is -2.06. The zero-order valence-electron chi connectivity index (χ0n) is 9.74. The average Bonchev–Trinajstić information content (AvgIpc) is 2.28. The van der Waals surface area contributed by atoms with Crippen molar-refractivity contribution >= 4 is 17.2 Å². The minimum atomic E-state index is -0.362. The standard InChI is InChI=1S/C12H16FNO2S/c1-2-15-3-4-16-8-9-5-10(12(14)17)7-11(13)6-9/h5-7H,2-4,8H2,1H3,(H2,14,17). The highest BCUT2D eigenvalue weighted by atomic mass is 32.1. The third kappa shape index (κ3) is 5.21. The van der Waals surface area contributed by atoms with Crippen LogP contribution in [0.5, 0.6) is 0 Å². The Kier molecular flexibility index (Phi) is 6.04. The van der Waals surface area contributed by atoms with Gasteiger partial charge in [0.25, 0.3) is 0 Å². The highest BCUT2D eigenvalue weighted by Crippen LogP contribution is 2.10. The molecule has 0 unspecified atom stereocenters. The fraction of sp³-hybridized carbons (Fsp3) is 0.417. The van der Waals surface area contributed by atoms with Crippen LogP contribution in [0.2, 0.25) is 0 Å². The molecule has 5 heteroatoms. The summed E-state index contributed by atoms with van der Waals surface area (Å²) in [7, 11) is 0. The van der Waals surface area contributed by atoms with Crippen molar-refractivity contribution in [3.63, 3.8) is 0 Å². The van der Waals surface area contributed by atoms with Gasteiger partial charge in [0.15, 0.2) is 0 Å². The van der Waals surface area contributed by atoms with E-state index in [4.69, 9.17) is 27.4 Å². The molecule has 0 bridgehead atoms. The van der Waals surface area contributed by atoms with E-state index in [9.17, 15) is 4.39 Å². The highest BCUT2D eigenvalue weighted by molar-refractivity contribution is 7.80. The van der Waals surface area contributed by atoms with Crippen molar-refractivity contribution in [3.05, 3.63) is 35.1 Å². The fourth-order valence-electron chi connectivity index (χ4n) is 1.33. The second-order valence-electron chi connectivity index (χ2n) is 3.46. The Morgan fingerprint density at radius 2 is 2.00 bits per heavy atom. The first kappa shape index (κ1) is 14.0. The van der Waals surface area contributed by atoms with Gasteiger partial charge in [0, 0.05) is 12.2 Å². The largest absolute Gasteiger partial charge is 0.389 e. The van der Waals surface area contributed by atoms with E-state index in [0.29, 0.717) is 37.6 Å². The van der Waals surface area contributed by atoms with Crippen LogP contribution in [0, 0.1) is 5.82 Å². The van der Waals surface area contributed by atoms with E-state index in [1.165, 1.54) is 12.1 Å². The van der Waals surface area contributed by atoms with Gasteiger partial charge in [-0.2, -0.15) is 0 Å². The molecule has 0 saturated heterocycles. The lowest BCUT2D eigenvalue weighted by Crippen LogP contribution is -2.11. The fourth-order valence-corrected chi connectivity index (χ4v) is 1.45. The van der Waals surface area contributed by atoms with Crippen LogP contribution < -0.4 is 5.73 Å². The van der Waals surface area contributed by atoms with E-state index in [1.807, 2.05) is 6.92 Å². The third-order valence-electron chi connectivity index (χ3n) is 2.09. The summed E-state index contributed by atoms with van der Waals surface area (Å²) in [6, 6.07) is 4.45. The van der Waals surface area contributed by atoms with Gasteiger partial charge < -0.3 is 15.2 Å². The number of hydrogen-bond donors (Lipinski definition) is 1. The molecule has 0 amide bonds. The van der Waals surface area contributed by atoms with E-state index in [0.717, 1.165) is 0 Å². The van der Waals surface area contributed by atoms with Crippen molar-refractivity contribution in [3.8, 4) is 0 Å². The Hall–Kier alpha value is -1.04. The van der Waals surface area contributed by atoms with E-state index in [2.05, 4.69) is 0 Å². The summed E-state index contributed by atoms with van der Waals surface area (Å²) in [6.07, 6.45) is 0. The first-order valence-electron chi connectivity index (χ1n) is 5.38. The summed E-state index contributed by atoms with van der Waals surface area (Å²) in [5.74, 6) is -0.362. The van der Waals surface area contributed by atoms with Crippen molar-refractivity contribution in [2.24, 2.45) is 5.73 Å². The SMILES string of the molecule is CCOCCOCc1cc(F)cc(C(N)=S)c1. The van der Waals surface area contributed by atoms with E-state index < -0.39 is 0 Å². The number of nitrogens with two attached hydrogens (primary N) is 1. The molecule has 0 radical (unpaired) electrons. The number of halogens is 1. The van der Waals surface area contributed by atoms with Gasteiger partial charge >= 0.3 is 0 Å². The lowest BCUT2D eigenvalue weighted by atomic mass is 10.1. The summed E-state index contributed by atoms with van der Waals surface area (Å²) in [6.45, 7) is 3.91. The van der Waals surface area contributed by atoms with Gasteiger partial charge in [0.1, 0.15) is 10.8 Å². The highest BCUT2D eigenvalue weighted by Gasteiger charge is 2.03. The predicted molar refractivity (Wildman–Crippen MR) is 68.4 cm³/mol. The summed E-state index contributed by atoms with van der Waals surface area (Å²) >= 11 is 4.80. The third-order valence-corrected chi connectivity index (χ3v) is 2.32. The van der Waals surface area contributed by atoms with Gasteiger partial charge in [-0.05, 0) is 30.7 Å². The van der Waals surface area contributed by atoms with Gasteiger partial charge in [-0.25, -0.2) is 4.39 Å². The van der Waals surface area contributed by atoms with E-state index in [-0.39, 0.29) is 10.8 Å².